The molecule has 2 amide bonds. The Bertz CT molecular complexity index is 538. The molecule has 2 aliphatic rings. The Labute approximate surface area is 124 Å². The molecular formula is C16H20N2O3. The zero-order valence-corrected chi connectivity index (χ0v) is 12.0. The minimum atomic E-state index is -0.222. The number of benzene rings is 1. The number of fused-ring (bicyclic) bond motifs is 1. The van der Waals surface area contributed by atoms with Crippen LogP contribution in [0.3, 0.4) is 0 Å². The van der Waals surface area contributed by atoms with Crippen molar-refractivity contribution in [1.82, 2.24) is 5.32 Å². The zero-order chi connectivity index (χ0) is 14.7. The number of carbonyl (C=O) groups excluding carboxylic acids is 2. The van der Waals surface area contributed by atoms with Crippen molar-refractivity contribution >= 4 is 17.5 Å². The lowest BCUT2D eigenvalue weighted by Crippen LogP contribution is -2.37. The van der Waals surface area contributed by atoms with Crippen LogP contribution >= 0.6 is 0 Å². The van der Waals surface area contributed by atoms with Gasteiger partial charge in [-0.3, -0.25) is 9.59 Å². The summed E-state index contributed by atoms with van der Waals surface area (Å²) in [4.78, 5) is 25.8. The highest BCUT2D eigenvalue weighted by molar-refractivity contribution is 6.05. The summed E-state index contributed by atoms with van der Waals surface area (Å²) in [6, 6.07) is 7.85. The summed E-state index contributed by atoms with van der Waals surface area (Å²) in [7, 11) is 0. The highest BCUT2D eigenvalue weighted by Crippen LogP contribution is 2.27. The van der Waals surface area contributed by atoms with Gasteiger partial charge in [0.25, 0.3) is 0 Å². The van der Waals surface area contributed by atoms with Crippen molar-refractivity contribution in [3.8, 4) is 0 Å². The normalized spacial score (nSPS) is 20.4. The van der Waals surface area contributed by atoms with Crippen molar-refractivity contribution < 1.29 is 14.3 Å². The number of ether oxygens (including phenoxy) is 1. The largest absolute Gasteiger partial charge is 0.376 e. The summed E-state index contributed by atoms with van der Waals surface area (Å²) >= 11 is 0. The maximum atomic E-state index is 12.2. The van der Waals surface area contributed by atoms with Crippen molar-refractivity contribution in [3.05, 3.63) is 29.8 Å². The van der Waals surface area contributed by atoms with Gasteiger partial charge in [0, 0.05) is 25.4 Å². The van der Waals surface area contributed by atoms with Gasteiger partial charge in [0.05, 0.1) is 6.10 Å². The van der Waals surface area contributed by atoms with Crippen LogP contribution in [0.25, 0.3) is 0 Å². The average molecular weight is 288 g/mol. The lowest BCUT2D eigenvalue weighted by molar-refractivity contribution is -0.128. The molecule has 112 valence electrons. The van der Waals surface area contributed by atoms with Gasteiger partial charge >= 0.3 is 0 Å². The Kier molecular flexibility index (Phi) is 4.20. The summed E-state index contributed by atoms with van der Waals surface area (Å²) in [5.41, 5.74) is 2.11. The van der Waals surface area contributed by atoms with E-state index >= 15 is 0 Å². The van der Waals surface area contributed by atoms with Gasteiger partial charge in [0.1, 0.15) is 6.42 Å². The maximum absolute atomic E-state index is 12.2. The van der Waals surface area contributed by atoms with Gasteiger partial charge in [-0.25, -0.2) is 0 Å². The van der Waals surface area contributed by atoms with Crippen LogP contribution in [0.4, 0.5) is 5.69 Å². The standard InChI is InChI=1S/C16H20N2O3/c19-15(17-11-13-5-3-9-21-13)10-16(20)18-8-7-12-4-1-2-6-14(12)18/h1-2,4,6,13H,3,5,7-11H2,(H,17,19). The number of amides is 2. The molecule has 1 aromatic carbocycles. The summed E-state index contributed by atoms with van der Waals surface area (Å²) in [5.74, 6) is -0.357. The smallest absolute Gasteiger partial charge is 0.236 e. The lowest BCUT2D eigenvalue weighted by Gasteiger charge is -2.17. The molecule has 5 nitrogen and oxygen atoms in total. The minimum absolute atomic E-state index is 0.0962. The molecule has 0 saturated carbocycles. The third kappa shape index (κ3) is 3.24. The highest BCUT2D eigenvalue weighted by atomic mass is 16.5. The molecule has 0 aliphatic carbocycles. The molecule has 1 aromatic rings. The van der Waals surface area contributed by atoms with Crippen LogP contribution in [-0.2, 0) is 20.7 Å². The van der Waals surface area contributed by atoms with Gasteiger partial charge in [0.15, 0.2) is 0 Å². The Morgan fingerprint density at radius 2 is 2.19 bits per heavy atom. The number of hydrogen-bond donors (Lipinski definition) is 1. The second-order valence-corrected chi connectivity index (χ2v) is 5.54. The topological polar surface area (TPSA) is 58.6 Å². The molecule has 1 saturated heterocycles. The fourth-order valence-electron chi connectivity index (χ4n) is 2.93. The van der Waals surface area contributed by atoms with E-state index in [0.717, 1.165) is 31.6 Å². The zero-order valence-electron chi connectivity index (χ0n) is 12.0. The Hall–Kier alpha value is -1.88. The number of nitrogens with one attached hydrogen (secondary N) is 1. The second kappa shape index (κ2) is 6.26. The number of carbonyl (C=O) groups is 2. The van der Waals surface area contributed by atoms with Crippen LogP contribution in [0.15, 0.2) is 24.3 Å². The van der Waals surface area contributed by atoms with Gasteiger partial charge < -0.3 is 15.0 Å². The minimum Gasteiger partial charge on any atom is -0.376 e. The van der Waals surface area contributed by atoms with Crippen molar-refractivity contribution in [1.29, 1.82) is 0 Å². The van der Waals surface area contributed by atoms with Crippen LogP contribution in [0, 0.1) is 0 Å². The predicted molar refractivity (Wildman–Crippen MR) is 79.1 cm³/mol. The molecule has 0 aromatic heterocycles. The average Bonchev–Trinajstić information content (AvgIpc) is 3.14. The van der Waals surface area contributed by atoms with Crippen LogP contribution < -0.4 is 10.2 Å². The molecule has 0 spiro atoms. The fraction of sp³-hybridized carbons (Fsp3) is 0.500. The van der Waals surface area contributed by atoms with E-state index < -0.39 is 0 Å². The van der Waals surface area contributed by atoms with Crippen LogP contribution in [-0.4, -0.2) is 37.6 Å². The number of rotatable bonds is 4. The van der Waals surface area contributed by atoms with Crippen LogP contribution in [0.1, 0.15) is 24.8 Å². The molecule has 1 fully saturated rings. The first-order valence-corrected chi connectivity index (χ1v) is 7.50. The molecule has 2 heterocycles. The van der Waals surface area contributed by atoms with E-state index in [0.29, 0.717) is 13.1 Å². The van der Waals surface area contributed by atoms with Crippen LogP contribution in [0.2, 0.25) is 0 Å². The van der Waals surface area contributed by atoms with E-state index in [9.17, 15) is 9.59 Å². The van der Waals surface area contributed by atoms with E-state index in [-0.39, 0.29) is 24.3 Å². The van der Waals surface area contributed by atoms with Gasteiger partial charge in [-0.2, -0.15) is 0 Å². The first kappa shape index (κ1) is 14.1. The van der Waals surface area contributed by atoms with Gasteiger partial charge in [-0.1, -0.05) is 18.2 Å². The third-order valence-corrected chi connectivity index (χ3v) is 4.05. The van der Waals surface area contributed by atoms with Gasteiger partial charge in [0.2, 0.25) is 11.8 Å². The van der Waals surface area contributed by atoms with E-state index in [4.69, 9.17) is 4.74 Å². The number of anilines is 1. The predicted octanol–water partition coefficient (Wildman–Crippen LogP) is 1.26. The molecule has 0 radical (unpaired) electrons. The van der Waals surface area contributed by atoms with Crippen molar-refractivity contribution in [3.63, 3.8) is 0 Å². The van der Waals surface area contributed by atoms with E-state index in [1.165, 1.54) is 5.56 Å². The highest BCUT2D eigenvalue weighted by Gasteiger charge is 2.25. The van der Waals surface area contributed by atoms with Gasteiger partial charge in [-0.15, -0.1) is 0 Å². The van der Waals surface area contributed by atoms with E-state index in [1.807, 2.05) is 24.3 Å². The molecule has 1 unspecified atom stereocenters. The number of hydrogen-bond acceptors (Lipinski definition) is 3. The Morgan fingerprint density at radius 3 is 3.00 bits per heavy atom. The fourth-order valence-corrected chi connectivity index (χ4v) is 2.93. The summed E-state index contributed by atoms with van der Waals surface area (Å²) in [6.45, 7) is 1.93. The first-order valence-electron chi connectivity index (χ1n) is 7.50. The lowest BCUT2D eigenvalue weighted by atomic mass is 10.2. The summed E-state index contributed by atoms with van der Waals surface area (Å²) in [5, 5.41) is 2.79. The maximum Gasteiger partial charge on any atom is 0.236 e. The number of para-hydroxylation sites is 1. The SMILES string of the molecule is O=C(CC(=O)N1CCc2ccccc21)NCC1CCCO1. The van der Waals surface area contributed by atoms with Crippen molar-refractivity contribution in [2.24, 2.45) is 0 Å². The Balaban J connectivity index is 1.51. The number of nitrogens with zero attached hydrogens (tertiary/aromatic N) is 1. The van der Waals surface area contributed by atoms with E-state index in [2.05, 4.69) is 5.32 Å². The Morgan fingerprint density at radius 1 is 1.33 bits per heavy atom. The van der Waals surface area contributed by atoms with Gasteiger partial charge in [-0.05, 0) is 30.9 Å². The molecule has 21 heavy (non-hydrogen) atoms. The van der Waals surface area contributed by atoms with E-state index in [1.54, 1.807) is 4.90 Å². The van der Waals surface area contributed by atoms with Crippen molar-refractivity contribution in [2.45, 2.75) is 31.8 Å². The second-order valence-electron chi connectivity index (χ2n) is 5.54. The van der Waals surface area contributed by atoms with Crippen LogP contribution in [0.5, 0.6) is 0 Å². The monoisotopic (exact) mass is 288 g/mol. The first-order chi connectivity index (χ1) is 10.2. The molecule has 3 rings (SSSR count). The quantitative estimate of drug-likeness (QED) is 0.849. The summed E-state index contributed by atoms with van der Waals surface area (Å²) in [6.07, 6.45) is 2.90. The molecule has 0 bridgehead atoms. The molecular weight excluding hydrogens is 268 g/mol. The molecule has 5 heteroatoms. The molecule has 2 aliphatic heterocycles. The third-order valence-electron chi connectivity index (χ3n) is 4.05. The summed E-state index contributed by atoms with van der Waals surface area (Å²) < 4.78 is 5.44. The molecule has 1 N–H and O–H groups in total. The molecule has 1 atom stereocenters. The van der Waals surface area contributed by atoms with Crippen molar-refractivity contribution in [2.75, 3.05) is 24.6 Å².